The molecule has 0 aliphatic carbocycles. The molecule has 0 saturated carbocycles. The number of ether oxygens (including phenoxy) is 2. The highest BCUT2D eigenvalue weighted by atomic mass is 79.9. The summed E-state index contributed by atoms with van der Waals surface area (Å²) in [7, 11) is 2.89. The van der Waals surface area contributed by atoms with Gasteiger partial charge in [0.25, 0.3) is 0 Å². The molecule has 2 N–H and O–H groups in total. The predicted molar refractivity (Wildman–Crippen MR) is 103 cm³/mol. The van der Waals surface area contributed by atoms with Crippen LogP contribution in [0, 0.1) is 0 Å². The lowest BCUT2D eigenvalue weighted by Crippen LogP contribution is -2.47. The van der Waals surface area contributed by atoms with Gasteiger partial charge >= 0.3 is 5.97 Å². The molecule has 0 unspecified atom stereocenters. The third kappa shape index (κ3) is 5.23. The van der Waals surface area contributed by atoms with Crippen molar-refractivity contribution in [2.24, 2.45) is 0 Å². The molecule has 7 heteroatoms. The molecule has 0 fully saturated rings. The molecule has 0 spiro atoms. The first-order valence-electron chi connectivity index (χ1n) is 7.95. The first-order valence-corrected chi connectivity index (χ1v) is 8.75. The van der Waals surface area contributed by atoms with Crippen molar-refractivity contribution in [3.8, 4) is 5.75 Å². The molecule has 0 saturated heterocycles. The number of benzene rings is 2. The van der Waals surface area contributed by atoms with Crippen molar-refractivity contribution in [3.63, 3.8) is 0 Å². The zero-order chi connectivity index (χ0) is 19.1. The number of hydrogen-bond acceptors (Lipinski definition) is 5. The third-order valence-electron chi connectivity index (χ3n) is 3.79. The van der Waals surface area contributed by atoms with Crippen molar-refractivity contribution in [2.45, 2.75) is 19.0 Å². The van der Waals surface area contributed by atoms with Gasteiger partial charge in [0.05, 0.1) is 20.3 Å². The van der Waals surface area contributed by atoms with E-state index in [0.29, 0.717) is 0 Å². The molecule has 0 bridgehead atoms. The Balaban J connectivity index is 2.39. The van der Waals surface area contributed by atoms with Crippen molar-refractivity contribution in [1.82, 2.24) is 5.32 Å². The minimum Gasteiger partial charge on any atom is -0.497 e. The summed E-state index contributed by atoms with van der Waals surface area (Å²) in [5.41, 5.74) is 1.60. The maximum absolute atomic E-state index is 12.3. The van der Waals surface area contributed by atoms with Gasteiger partial charge in [0.2, 0.25) is 5.91 Å². The van der Waals surface area contributed by atoms with Crippen LogP contribution in [0.25, 0.3) is 0 Å². The Hall–Kier alpha value is -2.54. The van der Waals surface area contributed by atoms with Gasteiger partial charge in [-0.05, 0) is 42.0 Å². The summed E-state index contributed by atoms with van der Waals surface area (Å²) in [6.07, 6.45) is 0. The largest absolute Gasteiger partial charge is 0.497 e. The van der Waals surface area contributed by atoms with Gasteiger partial charge in [-0.25, -0.2) is 4.79 Å². The van der Waals surface area contributed by atoms with E-state index in [1.165, 1.54) is 14.0 Å². The van der Waals surface area contributed by atoms with Crippen LogP contribution in [0.4, 0.5) is 5.69 Å². The molecule has 0 radical (unpaired) electrons. The van der Waals surface area contributed by atoms with E-state index in [-0.39, 0.29) is 5.91 Å². The van der Waals surface area contributed by atoms with E-state index in [1.54, 1.807) is 7.11 Å². The topological polar surface area (TPSA) is 76.7 Å². The van der Waals surface area contributed by atoms with Crippen LogP contribution < -0.4 is 15.4 Å². The maximum atomic E-state index is 12.3. The van der Waals surface area contributed by atoms with Gasteiger partial charge in [-0.15, -0.1) is 0 Å². The van der Waals surface area contributed by atoms with Crippen LogP contribution >= 0.6 is 15.9 Å². The van der Waals surface area contributed by atoms with Gasteiger partial charge in [-0.3, -0.25) is 4.79 Å². The standard InChI is InChI=1S/C19H21BrN2O4/c1-12(23)21-18(19(24)26-3)17(13-4-6-14(20)7-5-13)22-15-8-10-16(25-2)11-9-15/h4-11,17-18,22H,1-3H3,(H,21,23)/t17-,18+/m1/s1. The van der Waals surface area contributed by atoms with Crippen LogP contribution in [-0.2, 0) is 14.3 Å². The van der Waals surface area contributed by atoms with Gasteiger partial charge in [0.1, 0.15) is 5.75 Å². The second kappa shape index (κ2) is 9.24. The highest BCUT2D eigenvalue weighted by Crippen LogP contribution is 2.26. The quantitative estimate of drug-likeness (QED) is 0.672. The number of rotatable bonds is 7. The Labute approximate surface area is 161 Å². The summed E-state index contributed by atoms with van der Waals surface area (Å²) >= 11 is 3.40. The summed E-state index contributed by atoms with van der Waals surface area (Å²) in [5.74, 6) is -0.129. The van der Waals surface area contributed by atoms with Gasteiger partial charge < -0.3 is 20.1 Å². The van der Waals surface area contributed by atoms with Crippen molar-refractivity contribution < 1.29 is 19.1 Å². The Morgan fingerprint density at radius 3 is 2.12 bits per heavy atom. The Morgan fingerprint density at radius 2 is 1.62 bits per heavy atom. The highest BCUT2D eigenvalue weighted by Gasteiger charge is 2.31. The molecule has 26 heavy (non-hydrogen) atoms. The molecule has 138 valence electrons. The van der Waals surface area contributed by atoms with Crippen molar-refractivity contribution in [2.75, 3.05) is 19.5 Å². The van der Waals surface area contributed by atoms with Gasteiger partial charge in [-0.2, -0.15) is 0 Å². The smallest absolute Gasteiger partial charge is 0.330 e. The fraction of sp³-hybridized carbons (Fsp3) is 0.263. The second-order valence-electron chi connectivity index (χ2n) is 5.60. The van der Waals surface area contributed by atoms with Crippen LogP contribution in [0.3, 0.4) is 0 Å². The van der Waals surface area contributed by atoms with Gasteiger partial charge in [-0.1, -0.05) is 28.1 Å². The Kier molecular flexibility index (Phi) is 7.03. The molecule has 6 nitrogen and oxygen atoms in total. The minimum absolute atomic E-state index is 0.320. The van der Waals surface area contributed by atoms with Gasteiger partial charge in [0, 0.05) is 17.1 Å². The molecule has 2 aromatic rings. The first kappa shape index (κ1) is 19.8. The fourth-order valence-corrected chi connectivity index (χ4v) is 2.78. The van der Waals surface area contributed by atoms with Crippen LogP contribution in [0.15, 0.2) is 53.0 Å². The molecule has 2 atom stereocenters. The number of hydrogen-bond donors (Lipinski definition) is 2. The number of carbonyl (C=O) groups is 2. The van der Waals surface area contributed by atoms with Gasteiger partial charge in [0.15, 0.2) is 6.04 Å². The molecule has 0 heterocycles. The van der Waals surface area contributed by atoms with Crippen LogP contribution in [0.5, 0.6) is 5.75 Å². The van der Waals surface area contributed by atoms with Crippen LogP contribution in [0.1, 0.15) is 18.5 Å². The van der Waals surface area contributed by atoms with Crippen molar-refractivity contribution >= 4 is 33.5 Å². The van der Waals surface area contributed by atoms with Crippen LogP contribution in [0.2, 0.25) is 0 Å². The number of halogens is 1. The maximum Gasteiger partial charge on any atom is 0.330 e. The number of esters is 1. The molecular weight excluding hydrogens is 400 g/mol. The monoisotopic (exact) mass is 420 g/mol. The summed E-state index contributed by atoms with van der Waals surface area (Å²) in [5, 5.41) is 5.97. The number of nitrogens with one attached hydrogen (secondary N) is 2. The SMILES string of the molecule is COC(=O)[C@@H](NC(C)=O)[C@H](Nc1ccc(OC)cc1)c1ccc(Br)cc1. The van der Waals surface area contributed by atoms with E-state index in [9.17, 15) is 9.59 Å². The van der Waals surface area contributed by atoms with E-state index >= 15 is 0 Å². The predicted octanol–water partition coefficient (Wildman–Crippen LogP) is 3.29. The zero-order valence-corrected chi connectivity index (χ0v) is 16.4. The Morgan fingerprint density at radius 1 is 1.00 bits per heavy atom. The fourth-order valence-electron chi connectivity index (χ4n) is 2.52. The second-order valence-corrected chi connectivity index (χ2v) is 6.52. The first-order chi connectivity index (χ1) is 12.4. The third-order valence-corrected chi connectivity index (χ3v) is 4.32. The number of carbonyl (C=O) groups excluding carboxylic acids is 2. The number of amides is 1. The number of anilines is 1. The molecule has 0 aromatic heterocycles. The lowest BCUT2D eigenvalue weighted by molar-refractivity contribution is -0.145. The molecule has 1 amide bonds. The van der Waals surface area contributed by atoms with Crippen molar-refractivity contribution in [3.05, 3.63) is 58.6 Å². The average Bonchev–Trinajstić information content (AvgIpc) is 2.65. The molecule has 2 aromatic carbocycles. The minimum atomic E-state index is -0.888. The highest BCUT2D eigenvalue weighted by molar-refractivity contribution is 9.10. The summed E-state index contributed by atoms with van der Waals surface area (Å²) < 4.78 is 11.0. The van der Waals surface area contributed by atoms with E-state index in [1.807, 2.05) is 48.5 Å². The zero-order valence-electron chi connectivity index (χ0n) is 14.8. The molecule has 2 rings (SSSR count). The van der Waals surface area contributed by atoms with E-state index in [4.69, 9.17) is 9.47 Å². The van der Waals surface area contributed by atoms with E-state index in [0.717, 1.165) is 21.5 Å². The van der Waals surface area contributed by atoms with Crippen molar-refractivity contribution in [1.29, 1.82) is 0 Å². The summed E-state index contributed by atoms with van der Waals surface area (Å²) in [4.78, 5) is 23.9. The van der Waals surface area contributed by atoms with E-state index < -0.39 is 18.1 Å². The van der Waals surface area contributed by atoms with Crippen LogP contribution in [-0.4, -0.2) is 32.1 Å². The Bertz CT molecular complexity index is 747. The lowest BCUT2D eigenvalue weighted by Gasteiger charge is -2.28. The molecular formula is C19H21BrN2O4. The summed E-state index contributed by atoms with van der Waals surface area (Å²) in [6, 6.07) is 13.4. The average molecular weight is 421 g/mol. The van der Waals surface area contributed by atoms with E-state index in [2.05, 4.69) is 26.6 Å². The molecule has 0 aliphatic rings. The summed E-state index contributed by atoms with van der Waals surface area (Å²) in [6.45, 7) is 1.36. The molecule has 0 aliphatic heterocycles. The number of methoxy groups -OCH3 is 2. The lowest BCUT2D eigenvalue weighted by atomic mass is 9.98. The normalized spacial score (nSPS) is 12.6.